The largest absolute Gasteiger partial charge is 0.476 e. The minimum Gasteiger partial charge on any atom is -0.476 e. The van der Waals surface area contributed by atoms with Crippen molar-refractivity contribution in [3.8, 4) is 0 Å². The minimum atomic E-state index is -4.73. The van der Waals surface area contributed by atoms with E-state index in [0.717, 1.165) is 34.5 Å². The van der Waals surface area contributed by atoms with Crippen molar-refractivity contribution in [1.82, 2.24) is 9.55 Å². The summed E-state index contributed by atoms with van der Waals surface area (Å²) < 4.78 is 56.9. The number of hydrogen-bond acceptors (Lipinski definition) is 3. The number of carboxylic acids is 1. The molecule has 2 aromatic carbocycles. The van der Waals surface area contributed by atoms with Crippen molar-refractivity contribution >= 4 is 22.8 Å². The number of amides is 1. The van der Waals surface area contributed by atoms with Gasteiger partial charge in [-0.1, -0.05) is 57.2 Å². The zero-order chi connectivity index (χ0) is 28.0. The molecule has 3 N–H and O–H groups in total. The molecular weight excluding hydrogens is 502 g/mol. The first-order valence-electron chi connectivity index (χ1n) is 11.6. The molecule has 1 unspecified atom stereocenters. The van der Waals surface area contributed by atoms with Crippen molar-refractivity contribution in [3.05, 3.63) is 101 Å². The summed E-state index contributed by atoms with van der Waals surface area (Å²) >= 11 is 0. The van der Waals surface area contributed by atoms with E-state index in [-0.39, 0.29) is 28.3 Å². The number of primary amides is 1. The van der Waals surface area contributed by atoms with E-state index in [2.05, 4.69) is 4.98 Å². The van der Waals surface area contributed by atoms with E-state index in [1.54, 1.807) is 12.1 Å². The lowest BCUT2D eigenvalue weighted by Crippen LogP contribution is -2.49. The van der Waals surface area contributed by atoms with Gasteiger partial charge in [0.1, 0.15) is 0 Å². The lowest BCUT2D eigenvalue weighted by molar-refractivity contribution is -0.138. The second-order valence-corrected chi connectivity index (χ2v) is 10.1. The number of carboxylic acid groups (broad SMARTS) is 1. The van der Waals surface area contributed by atoms with Crippen LogP contribution in [0.3, 0.4) is 0 Å². The van der Waals surface area contributed by atoms with Crippen LogP contribution in [-0.4, -0.2) is 26.5 Å². The van der Waals surface area contributed by atoms with Crippen LogP contribution in [0.4, 0.5) is 17.6 Å². The SMILES string of the molecule is CC(C)(C)c1ccc(CC(C(N)=O)(c2cccc(C(F)(F)F)c2)n2ccc3c(F)cnc(C(=O)O)c32)cc1. The monoisotopic (exact) mass is 527 g/mol. The van der Waals surface area contributed by atoms with Gasteiger partial charge < -0.3 is 15.4 Å². The quantitative estimate of drug-likeness (QED) is 0.316. The number of aromatic nitrogens is 2. The third kappa shape index (κ3) is 4.62. The highest BCUT2D eigenvalue weighted by molar-refractivity contribution is 6.02. The normalized spacial score (nSPS) is 13.9. The molecule has 1 amide bonds. The molecule has 0 aliphatic carbocycles. The van der Waals surface area contributed by atoms with Gasteiger partial charge >= 0.3 is 12.1 Å². The van der Waals surface area contributed by atoms with E-state index in [9.17, 15) is 32.3 Å². The first kappa shape index (κ1) is 26.8. The first-order chi connectivity index (χ1) is 17.7. The third-order valence-electron chi connectivity index (χ3n) is 6.64. The maximum Gasteiger partial charge on any atom is 0.416 e. The van der Waals surface area contributed by atoms with Crippen molar-refractivity contribution in [1.29, 1.82) is 0 Å². The van der Waals surface area contributed by atoms with Crippen molar-refractivity contribution in [2.45, 2.75) is 44.3 Å². The zero-order valence-corrected chi connectivity index (χ0v) is 20.8. The lowest BCUT2D eigenvalue weighted by atomic mass is 9.80. The Balaban J connectivity index is 2.07. The zero-order valence-electron chi connectivity index (χ0n) is 20.8. The van der Waals surface area contributed by atoms with Gasteiger partial charge in [0.2, 0.25) is 5.91 Å². The van der Waals surface area contributed by atoms with E-state index in [0.29, 0.717) is 5.56 Å². The van der Waals surface area contributed by atoms with Gasteiger partial charge in [-0.25, -0.2) is 14.2 Å². The molecule has 2 heterocycles. The number of hydrogen-bond donors (Lipinski definition) is 2. The smallest absolute Gasteiger partial charge is 0.416 e. The van der Waals surface area contributed by atoms with Gasteiger partial charge in [-0.2, -0.15) is 13.2 Å². The van der Waals surface area contributed by atoms with Crippen LogP contribution in [0.2, 0.25) is 0 Å². The van der Waals surface area contributed by atoms with Crippen LogP contribution in [0.15, 0.2) is 67.0 Å². The van der Waals surface area contributed by atoms with Crippen molar-refractivity contribution < 1.29 is 32.3 Å². The van der Waals surface area contributed by atoms with E-state index in [4.69, 9.17) is 5.73 Å². The topological polar surface area (TPSA) is 98.2 Å². The predicted octanol–water partition coefficient (Wildman–Crippen LogP) is 5.66. The maximum absolute atomic E-state index is 14.7. The number of pyridine rings is 1. The lowest BCUT2D eigenvalue weighted by Gasteiger charge is -2.35. The molecule has 0 radical (unpaired) electrons. The van der Waals surface area contributed by atoms with Gasteiger partial charge in [0.05, 0.1) is 17.3 Å². The average molecular weight is 528 g/mol. The average Bonchev–Trinajstić information content (AvgIpc) is 3.28. The fourth-order valence-corrected chi connectivity index (χ4v) is 4.64. The molecule has 4 aromatic rings. The maximum atomic E-state index is 14.7. The summed E-state index contributed by atoms with van der Waals surface area (Å²) in [6.45, 7) is 6.04. The third-order valence-corrected chi connectivity index (χ3v) is 6.64. The van der Waals surface area contributed by atoms with Crippen LogP contribution >= 0.6 is 0 Å². The van der Waals surface area contributed by atoms with Gasteiger partial charge in [-0.05, 0) is 40.3 Å². The van der Waals surface area contributed by atoms with Crippen molar-refractivity contribution in [2.24, 2.45) is 5.73 Å². The van der Waals surface area contributed by atoms with E-state index < -0.39 is 40.7 Å². The molecule has 0 bridgehead atoms. The van der Waals surface area contributed by atoms with Gasteiger partial charge in [0, 0.05) is 18.0 Å². The fourth-order valence-electron chi connectivity index (χ4n) is 4.64. The Hall–Kier alpha value is -4.21. The van der Waals surface area contributed by atoms with E-state index in [1.807, 2.05) is 32.9 Å². The molecule has 38 heavy (non-hydrogen) atoms. The van der Waals surface area contributed by atoms with Gasteiger partial charge in [0.15, 0.2) is 17.1 Å². The summed E-state index contributed by atoms with van der Waals surface area (Å²) in [6.07, 6.45) is -2.99. The van der Waals surface area contributed by atoms with Crippen LogP contribution in [0.5, 0.6) is 0 Å². The fraction of sp³-hybridized carbons (Fsp3) is 0.250. The molecule has 10 heteroatoms. The summed E-state index contributed by atoms with van der Waals surface area (Å²) in [5.74, 6) is -3.43. The van der Waals surface area contributed by atoms with Gasteiger partial charge in [0.25, 0.3) is 0 Å². The second kappa shape index (κ2) is 9.27. The Morgan fingerprint density at radius 2 is 1.61 bits per heavy atom. The van der Waals surface area contributed by atoms with Crippen LogP contribution in [0.25, 0.3) is 10.9 Å². The molecule has 0 aliphatic rings. The molecule has 2 aromatic heterocycles. The highest BCUT2D eigenvalue weighted by Crippen LogP contribution is 2.39. The number of rotatable bonds is 6. The number of aromatic carboxylic acids is 1. The highest BCUT2D eigenvalue weighted by atomic mass is 19.4. The van der Waals surface area contributed by atoms with Gasteiger partial charge in [-0.15, -0.1) is 0 Å². The van der Waals surface area contributed by atoms with Crippen molar-refractivity contribution in [2.75, 3.05) is 0 Å². The molecule has 1 atom stereocenters. The van der Waals surface area contributed by atoms with E-state index in [1.165, 1.54) is 18.3 Å². The summed E-state index contributed by atoms with van der Waals surface area (Å²) in [5.41, 5.74) is 3.21. The summed E-state index contributed by atoms with van der Waals surface area (Å²) in [6, 6.07) is 12.5. The molecule has 0 fully saturated rings. The Kier molecular flexibility index (Phi) is 6.55. The number of halogens is 4. The van der Waals surface area contributed by atoms with E-state index >= 15 is 0 Å². The molecular formula is C28H25F4N3O3. The number of alkyl halides is 3. The summed E-state index contributed by atoms with van der Waals surface area (Å²) in [4.78, 5) is 29.1. The Morgan fingerprint density at radius 1 is 0.974 bits per heavy atom. The van der Waals surface area contributed by atoms with Crippen LogP contribution < -0.4 is 5.73 Å². The number of benzene rings is 2. The van der Waals surface area contributed by atoms with Crippen LogP contribution in [0, 0.1) is 5.82 Å². The molecule has 0 spiro atoms. The second-order valence-electron chi connectivity index (χ2n) is 10.1. The highest BCUT2D eigenvalue weighted by Gasteiger charge is 2.44. The number of carbonyl (C=O) groups excluding carboxylic acids is 1. The Morgan fingerprint density at radius 3 is 2.16 bits per heavy atom. The minimum absolute atomic E-state index is 0.141. The van der Waals surface area contributed by atoms with Crippen molar-refractivity contribution in [3.63, 3.8) is 0 Å². The molecule has 198 valence electrons. The van der Waals surface area contributed by atoms with Crippen LogP contribution in [0.1, 0.15) is 53.5 Å². The molecule has 0 saturated heterocycles. The standard InChI is InChI=1S/C28H25F4N3O3/c1-26(2,3)17-9-7-16(8-10-17)14-27(25(33)38,18-5-4-6-19(13-18)28(30,31)32)35-12-11-20-21(29)15-34-22(23(20)35)24(36)37/h4-13,15H,14H2,1-3H3,(H2,33,38)(H,36,37). The number of nitrogens with zero attached hydrogens (tertiary/aromatic N) is 2. The predicted molar refractivity (Wildman–Crippen MR) is 133 cm³/mol. The Bertz CT molecular complexity index is 1540. The number of fused-ring (bicyclic) bond motifs is 1. The number of nitrogens with two attached hydrogens (primary N) is 1. The molecule has 6 nitrogen and oxygen atoms in total. The summed E-state index contributed by atoms with van der Waals surface area (Å²) in [5, 5.41) is 9.61. The molecule has 4 rings (SSSR count). The van der Waals surface area contributed by atoms with Gasteiger partial charge in [-0.3, -0.25) is 4.79 Å². The summed E-state index contributed by atoms with van der Waals surface area (Å²) in [7, 11) is 0. The van der Waals surface area contributed by atoms with Crippen LogP contribution in [-0.2, 0) is 28.3 Å². The Labute approximate surface area is 215 Å². The molecule has 0 saturated carbocycles. The molecule has 0 aliphatic heterocycles. The first-order valence-corrected chi connectivity index (χ1v) is 11.6. The number of carbonyl (C=O) groups is 2.